The maximum atomic E-state index is 12.7. The molecule has 1 aliphatic heterocycles. The number of amides is 1. The van der Waals surface area contributed by atoms with Gasteiger partial charge in [-0.15, -0.1) is 0 Å². The fourth-order valence-electron chi connectivity index (χ4n) is 2.09. The normalized spacial score (nSPS) is 20.4. The second-order valence-electron chi connectivity index (χ2n) is 4.42. The van der Waals surface area contributed by atoms with Crippen molar-refractivity contribution in [1.82, 2.24) is 14.9 Å². The van der Waals surface area contributed by atoms with Crippen LogP contribution in [0, 0.1) is 5.92 Å². The lowest BCUT2D eigenvalue weighted by Gasteiger charge is -2.33. The van der Waals surface area contributed by atoms with Gasteiger partial charge in [0.15, 0.2) is 11.5 Å². The van der Waals surface area contributed by atoms with Gasteiger partial charge >= 0.3 is 6.18 Å². The van der Waals surface area contributed by atoms with Crippen molar-refractivity contribution in [1.29, 1.82) is 0 Å². The van der Waals surface area contributed by atoms with E-state index in [1.165, 1.54) is 12.4 Å². The van der Waals surface area contributed by atoms with Crippen LogP contribution in [0.25, 0.3) is 0 Å². The van der Waals surface area contributed by atoms with Crippen molar-refractivity contribution in [3.63, 3.8) is 0 Å². The fraction of sp³-hybridized carbons (Fsp3) is 0.545. The molecule has 1 unspecified atom stereocenters. The summed E-state index contributed by atoms with van der Waals surface area (Å²) in [6.45, 7) is -0.0697. The highest BCUT2D eigenvalue weighted by molar-refractivity contribution is 5.96. The van der Waals surface area contributed by atoms with Crippen LogP contribution >= 0.6 is 0 Å². The Morgan fingerprint density at radius 3 is 2.68 bits per heavy atom. The highest BCUT2D eigenvalue weighted by Crippen LogP contribution is 2.33. The number of piperidine rings is 1. The number of nitrogen functional groups attached to an aromatic ring is 1. The summed E-state index contributed by atoms with van der Waals surface area (Å²) in [6, 6.07) is 0. The largest absolute Gasteiger partial charge is 0.393 e. The number of rotatable bonds is 1. The maximum absolute atomic E-state index is 12.7. The lowest BCUT2D eigenvalue weighted by molar-refractivity contribution is -0.184. The third-order valence-electron chi connectivity index (χ3n) is 3.10. The van der Waals surface area contributed by atoms with Gasteiger partial charge in [0.05, 0.1) is 5.92 Å². The van der Waals surface area contributed by atoms with E-state index in [0.29, 0.717) is 6.42 Å². The minimum absolute atomic E-state index is 0.0449. The predicted octanol–water partition coefficient (Wildman–Crippen LogP) is 1.47. The Labute approximate surface area is 107 Å². The molecule has 8 heteroatoms. The molecule has 1 atom stereocenters. The third-order valence-corrected chi connectivity index (χ3v) is 3.10. The minimum atomic E-state index is -4.28. The molecule has 2 heterocycles. The first-order valence-electron chi connectivity index (χ1n) is 5.82. The lowest BCUT2D eigenvalue weighted by Crippen LogP contribution is -2.45. The number of hydrogen-bond donors (Lipinski definition) is 1. The zero-order valence-corrected chi connectivity index (χ0v) is 10.0. The Morgan fingerprint density at radius 1 is 1.37 bits per heavy atom. The number of carbonyl (C=O) groups excluding carboxylic acids is 1. The number of hydrogen-bond acceptors (Lipinski definition) is 4. The van der Waals surface area contributed by atoms with Crippen molar-refractivity contribution in [3.05, 3.63) is 18.1 Å². The molecule has 0 radical (unpaired) electrons. The quantitative estimate of drug-likeness (QED) is 0.841. The van der Waals surface area contributed by atoms with E-state index >= 15 is 0 Å². The first-order chi connectivity index (χ1) is 8.89. The van der Waals surface area contributed by atoms with E-state index in [1.54, 1.807) is 0 Å². The zero-order chi connectivity index (χ0) is 14.0. The summed E-state index contributed by atoms with van der Waals surface area (Å²) < 4.78 is 38.0. The molecule has 1 fully saturated rings. The van der Waals surface area contributed by atoms with Crippen molar-refractivity contribution in [2.75, 3.05) is 18.8 Å². The Morgan fingerprint density at radius 2 is 2.05 bits per heavy atom. The van der Waals surface area contributed by atoms with E-state index < -0.39 is 18.0 Å². The third kappa shape index (κ3) is 2.94. The highest BCUT2D eigenvalue weighted by Gasteiger charge is 2.43. The van der Waals surface area contributed by atoms with Gasteiger partial charge in [-0.1, -0.05) is 0 Å². The van der Waals surface area contributed by atoms with Crippen LogP contribution in [0.5, 0.6) is 0 Å². The van der Waals surface area contributed by atoms with E-state index in [9.17, 15) is 18.0 Å². The zero-order valence-electron chi connectivity index (χ0n) is 10.0. The molecule has 0 aliphatic carbocycles. The molecule has 0 spiro atoms. The van der Waals surface area contributed by atoms with Crippen LogP contribution in [0.1, 0.15) is 23.3 Å². The lowest BCUT2D eigenvalue weighted by atomic mass is 9.97. The smallest absolute Gasteiger partial charge is 0.382 e. The summed E-state index contributed by atoms with van der Waals surface area (Å²) in [5.74, 6) is -2.15. The van der Waals surface area contributed by atoms with Gasteiger partial charge < -0.3 is 10.6 Å². The van der Waals surface area contributed by atoms with Gasteiger partial charge in [-0.25, -0.2) is 9.97 Å². The van der Waals surface area contributed by atoms with Gasteiger partial charge in [-0.2, -0.15) is 13.2 Å². The first-order valence-corrected chi connectivity index (χ1v) is 5.82. The second kappa shape index (κ2) is 5.02. The first kappa shape index (κ1) is 13.6. The van der Waals surface area contributed by atoms with Crippen LogP contribution in [0.15, 0.2) is 12.4 Å². The van der Waals surface area contributed by atoms with Crippen LogP contribution in [-0.2, 0) is 0 Å². The van der Waals surface area contributed by atoms with E-state index in [-0.39, 0.29) is 31.0 Å². The number of carbonyl (C=O) groups is 1. The molecule has 0 aromatic carbocycles. The van der Waals surface area contributed by atoms with E-state index in [0.717, 1.165) is 4.90 Å². The van der Waals surface area contributed by atoms with Gasteiger partial charge in [0, 0.05) is 25.5 Å². The molecule has 1 amide bonds. The van der Waals surface area contributed by atoms with Crippen molar-refractivity contribution in [2.24, 2.45) is 5.92 Å². The molecule has 0 bridgehead atoms. The van der Waals surface area contributed by atoms with Crippen LogP contribution in [0.4, 0.5) is 19.0 Å². The minimum Gasteiger partial charge on any atom is -0.382 e. The summed E-state index contributed by atoms with van der Waals surface area (Å²) in [5, 5.41) is 0. The van der Waals surface area contributed by atoms with Crippen molar-refractivity contribution in [3.8, 4) is 0 Å². The number of anilines is 1. The summed E-state index contributed by atoms with van der Waals surface area (Å²) >= 11 is 0. The van der Waals surface area contributed by atoms with Crippen molar-refractivity contribution < 1.29 is 18.0 Å². The summed E-state index contributed by atoms with van der Waals surface area (Å²) in [4.78, 5) is 20.7. The molecule has 1 saturated heterocycles. The van der Waals surface area contributed by atoms with Crippen LogP contribution in [-0.4, -0.2) is 40.0 Å². The molecule has 5 nitrogen and oxygen atoms in total. The Kier molecular flexibility index (Phi) is 3.59. The van der Waals surface area contributed by atoms with Crippen LogP contribution < -0.4 is 5.73 Å². The maximum Gasteiger partial charge on any atom is 0.393 e. The molecule has 19 heavy (non-hydrogen) atoms. The van der Waals surface area contributed by atoms with Gasteiger partial charge in [0.2, 0.25) is 0 Å². The van der Waals surface area contributed by atoms with Crippen LogP contribution in [0.2, 0.25) is 0 Å². The van der Waals surface area contributed by atoms with E-state index in [4.69, 9.17) is 5.73 Å². The highest BCUT2D eigenvalue weighted by atomic mass is 19.4. The number of aromatic nitrogens is 2. The predicted molar refractivity (Wildman–Crippen MR) is 61.1 cm³/mol. The van der Waals surface area contributed by atoms with Crippen LogP contribution in [0.3, 0.4) is 0 Å². The average Bonchev–Trinajstić information content (AvgIpc) is 2.38. The molecule has 1 aromatic heterocycles. The van der Waals surface area contributed by atoms with E-state index in [2.05, 4.69) is 9.97 Å². The summed E-state index contributed by atoms with van der Waals surface area (Å²) in [6.07, 6.45) is -1.32. The topological polar surface area (TPSA) is 72.1 Å². The molecular weight excluding hydrogens is 261 g/mol. The summed E-state index contributed by atoms with van der Waals surface area (Å²) in [5.41, 5.74) is 5.41. The fourth-order valence-corrected chi connectivity index (χ4v) is 2.09. The molecule has 1 aromatic rings. The second-order valence-corrected chi connectivity index (χ2v) is 4.42. The van der Waals surface area contributed by atoms with Gasteiger partial charge in [-0.05, 0) is 12.8 Å². The van der Waals surface area contributed by atoms with Gasteiger partial charge in [-0.3, -0.25) is 4.79 Å². The number of halogens is 3. The molecule has 104 valence electrons. The Bertz CT molecular complexity index is 477. The average molecular weight is 274 g/mol. The van der Waals surface area contributed by atoms with Crippen molar-refractivity contribution in [2.45, 2.75) is 19.0 Å². The number of nitrogens with zero attached hydrogens (tertiary/aromatic N) is 3. The molecule has 0 saturated carbocycles. The number of alkyl halides is 3. The molecule has 2 N–H and O–H groups in total. The standard InChI is InChI=1S/C11H13F3N4O/c12-11(13,14)7-2-1-5-18(6-7)10(19)8-9(15)17-4-3-16-8/h3-4,7H,1-2,5-6H2,(H2,15,17). The van der Waals surface area contributed by atoms with Gasteiger partial charge in [0.1, 0.15) is 0 Å². The SMILES string of the molecule is Nc1nccnc1C(=O)N1CCCC(C(F)(F)F)C1. The molecule has 2 rings (SSSR count). The van der Waals surface area contributed by atoms with Gasteiger partial charge in [0.25, 0.3) is 5.91 Å². The van der Waals surface area contributed by atoms with Crippen molar-refractivity contribution >= 4 is 11.7 Å². The molecular formula is C11H13F3N4O. The molecule has 1 aliphatic rings. The Balaban J connectivity index is 2.14. The number of nitrogens with two attached hydrogens (primary N) is 1. The van der Waals surface area contributed by atoms with E-state index in [1.807, 2.05) is 0 Å². The Hall–Kier alpha value is -1.86. The summed E-state index contributed by atoms with van der Waals surface area (Å²) in [7, 11) is 0. The number of likely N-dealkylation sites (tertiary alicyclic amines) is 1. The monoisotopic (exact) mass is 274 g/mol.